The van der Waals surface area contributed by atoms with Crippen LogP contribution in [-0.4, -0.2) is 0 Å². The summed E-state index contributed by atoms with van der Waals surface area (Å²) in [7, 11) is 0. The van der Waals surface area contributed by atoms with Gasteiger partial charge in [0.1, 0.15) is 0 Å². The predicted molar refractivity (Wildman–Crippen MR) is 66.3 cm³/mol. The van der Waals surface area contributed by atoms with Crippen LogP contribution in [0.15, 0.2) is 42.5 Å². The Hall–Kier alpha value is -1.18. The SMILES string of the molecule is Nc1ccc(Cl)c(-c2ccc(Cl)cc2)c1. The largest absolute Gasteiger partial charge is 0.399 e. The molecule has 15 heavy (non-hydrogen) atoms. The number of hydrogen-bond donors (Lipinski definition) is 1. The van der Waals surface area contributed by atoms with E-state index in [1.807, 2.05) is 30.3 Å². The first-order valence-electron chi connectivity index (χ1n) is 4.48. The quantitative estimate of drug-likeness (QED) is 0.738. The van der Waals surface area contributed by atoms with Gasteiger partial charge in [-0.25, -0.2) is 0 Å². The molecular weight excluding hydrogens is 229 g/mol. The maximum atomic E-state index is 6.08. The highest BCUT2D eigenvalue weighted by molar-refractivity contribution is 6.33. The average molecular weight is 238 g/mol. The third-order valence-electron chi connectivity index (χ3n) is 2.15. The van der Waals surface area contributed by atoms with Crippen molar-refractivity contribution in [1.29, 1.82) is 0 Å². The highest BCUT2D eigenvalue weighted by atomic mass is 35.5. The van der Waals surface area contributed by atoms with Crippen molar-refractivity contribution in [1.82, 2.24) is 0 Å². The van der Waals surface area contributed by atoms with Crippen LogP contribution in [0.1, 0.15) is 0 Å². The molecule has 0 aliphatic heterocycles. The number of benzene rings is 2. The molecular formula is C12H9Cl2N. The van der Waals surface area contributed by atoms with Crippen LogP contribution in [0.2, 0.25) is 10.0 Å². The van der Waals surface area contributed by atoms with Crippen LogP contribution >= 0.6 is 23.2 Å². The highest BCUT2D eigenvalue weighted by Gasteiger charge is 2.03. The first-order chi connectivity index (χ1) is 7.16. The molecule has 0 heterocycles. The molecule has 0 bridgehead atoms. The van der Waals surface area contributed by atoms with E-state index < -0.39 is 0 Å². The first-order valence-corrected chi connectivity index (χ1v) is 5.23. The molecule has 76 valence electrons. The van der Waals surface area contributed by atoms with Crippen molar-refractivity contribution in [2.45, 2.75) is 0 Å². The summed E-state index contributed by atoms with van der Waals surface area (Å²) in [6.45, 7) is 0. The molecule has 0 aromatic heterocycles. The fourth-order valence-electron chi connectivity index (χ4n) is 1.39. The number of halogens is 2. The van der Waals surface area contributed by atoms with Gasteiger partial charge in [-0.15, -0.1) is 0 Å². The van der Waals surface area contributed by atoms with Gasteiger partial charge in [-0.1, -0.05) is 35.3 Å². The Kier molecular flexibility index (Phi) is 2.85. The van der Waals surface area contributed by atoms with Crippen molar-refractivity contribution >= 4 is 28.9 Å². The highest BCUT2D eigenvalue weighted by Crippen LogP contribution is 2.30. The lowest BCUT2D eigenvalue weighted by Crippen LogP contribution is -1.86. The topological polar surface area (TPSA) is 26.0 Å². The lowest BCUT2D eigenvalue weighted by Gasteiger charge is -2.05. The van der Waals surface area contributed by atoms with E-state index >= 15 is 0 Å². The lowest BCUT2D eigenvalue weighted by molar-refractivity contribution is 1.61. The minimum atomic E-state index is 0.687. The van der Waals surface area contributed by atoms with Gasteiger partial charge < -0.3 is 5.73 Å². The van der Waals surface area contributed by atoms with E-state index in [4.69, 9.17) is 28.9 Å². The number of rotatable bonds is 1. The molecule has 2 N–H and O–H groups in total. The Morgan fingerprint density at radius 1 is 0.867 bits per heavy atom. The third kappa shape index (κ3) is 2.25. The van der Waals surface area contributed by atoms with Crippen LogP contribution < -0.4 is 5.73 Å². The van der Waals surface area contributed by atoms with Crippen molar-refractivity contribution < 1.29 is 0 Å². The second-order valence-electron chi connectivity index (χ2n) is 3.25. The van der Waals surface area contributed by atoms with Crippen molar-refractivity contribution in [3.05, 3.63) is 52.5 Å². The van der Waals surface area contributed by atoms with Crippen molar-refractivity contribution in [2.75, 3.05) is 5.73 Å². The minimum absolute atomic E-state index is 0.687. The van der Waals surface area contributed by atoms with Crippen LogP contribution in [-0.2, 0) is 0 Å². The second kappa shape index (κ2) is 4.13. The van der Waals surface area contributed by atoms with E-state index in [9.17, 15) is 0 Å². The van der Waals surface area contributed by atoms with Gasteiger partial charge in [0.25, 0.3) is 0 Å². The van der Waals surface area contributed by atoms with Gasteiger partial charge in [0, 0.05) is 21.3 Å². The Balaban J connectivity index is 2.53. The number of anilines is 1. The van der Waals surface area contributed by atoms with Crippen molar-refractivity contribution in [3.8, 4) is 11.1 Å². The summed E-state index contributed by atoms with van der Waals surface area (Å²) in [6, 6.07) is 12.9. The molecule has 1 nitrogen and oxygen atoms in total. The lowest BCUT2D eigenvalue weighted by atomic mass is 10.1. The smallest absolute Gasteiger partial charge is 0.0485 e. The minimum Gasteiger partial charge on any atom is -0.399 e. The van der Waals surface area contributed by atoms with E-state index in [1.54, 1.807) is 12.1 Å². The van der Waals surface area contributed by atoms with Crippen molar-refractivity contribution in [2.24, 2.45) is 0 Å². The molecule has 0 unspecified atom stereocenters. The summed E-state index contributed by atoms with van der Waals surface area (Å²) in [5, 5.41) is 1.39. The van der Waals surface area contributed by atoms with E-state index in [0.29, 0.717) is 15.7 Å². The second-order valence-corrected chi connectivity index (χ2v) is 4.09. The van der Waals surface area contributed by atoms with Crippen LogP contribution in [0.4, 0.5) is 5.69 Å². The van der Waals surface area contributed by atoms with E-state index in [2.05, 4.69) is 0 Å². The maximum Gasteiger partial charge on any atom is 0.0485 e. The summed E-state index contributed by atoms with van der Waals surface area (Å²) in [5.74, 6) is 0. The van der Waals surface area contributed by atoms with E-state index in [0.717, 1.165) is 11.1 Å². The van der Waals surface area contributed by atoms with Crippen LogP contribution in [0.25, 0.3) is 11.1 Å². The average Bonchev–Trinajstić information content (AvgIpc) is 2.23. The summed E-state index contributed by atoms with van der Waals surface area (Å²) >= 11 is 11.9. The fraction of sp³-hybridized carbons (Fsp3) is 0. The van der Waals surface area contributed by atoms with Gasteiger partial charge in [-0.3, -0.25) is 0 Å². The third-order valence-corrected chi connectivity index (χ3v) is 2.73. The van der Waals surface area contributed by atoms with Crippen LogP contribution in [0.3, 0.4) is 0 Å². The summed E-state index contributed by atoms with van der Waals surface area (Å²) in [4.78, 5) is 0. The molecule has 3 heteroatoms. The molecule has 0 amide bonds. The molecule has 0 atom stereocenters. The maximum absolute atomic E-state index is 6.08. The number of hydrogen-bond acceptors (Lipinski definition) is 1. The number of nitrogens with two attached hydrogens (primary N) is 1. The number of nitrogen functional groups attached to an aromatic ring is 1. The molecule has 2 rings (SSSR count). The Bertz CT molecular complexity index is 477. The van der Waals surface area contributed by atoms with Gasteiger partial charge in [0.2, 0.25) is 0 Å². The van der Waals surface area contributed by atoms with E-state index in [-0.39, 0.29) is 0 Å². The van der Waals surface area contributed by atoms with E-state index in [1.165, 1.54) is 0 Å². The molecule has 0 aliphatic rings. The molecule has 2 aromatic rings. The Morgan fingerprint density at radius 2 is 1.53 bits per heavy atom. The molecule has 0 saturated carbocycles. The van der Waals surface area contributed by atoms with Gasteiger partial charge in [0.05, 0.1) is 0 Å². The molecule has 2 aromatic carbocycles. The first kappa shape index (κ1) is 10.3. The van der Waals surface area contributed by atoms with Crippen molar-refractivity contribution in [3.63, 3.8) is 0 Å². The Morgan fingerprint density at radius 3 is 2.20 bits per heavy atom. The zero-order valence-corrected chi connectivity index (χ0v) is 9.39. The van der Waals surface area contributed by atoms with Crippen LogP contribution in [0, 0.1) is 0 Å². The molecule has 0 saturated heterocycles. The normalized spacial score (nSPS) is 10.3. The van der Waals surface area contributed by atoms with Gasteiger partial charge >= 0.3 is 0 Å². The van der Waals surface area contributed by atoms with Gasteiger partial charge in [0.15, 0.2) is 0 Å². The zero-order valence-electron chi connectivity index (χ0n) is 7.87. The zero-order chi connectivity index (χ0) is 10.8. The van der Waals surface area contributed by atoms with Gasteiger partial charge in [-0.2, -0.15) is 0 Å². The molecule has 0 spiro atoms. The Labute approximate surface area is 98.4 Å². The van der Waals surface area contributed by atoms with Crippen LogP contribution in [0.5, 0.6) is 0 Å². The van der Waals surface area contributed by atoms with Gasteiger partial charge in [-0.05, 0) is 35.9 Å². The fourth-order valence-corrected chi connectivity index (χ4v) is 1.75. The standard InChI is InChI=1S/C12H9Cl2N/c13-9-3-1-8(2-4-9)11-7-10(15)5-6-12(11)14/h1-7H,15H2. The molecule has 0 radical (unpaired) electrons. The predicted octanol–water partition coefficient (Wildman–Crippen LogP) is 4.24. The monoisotopic (exact) mass is 237 g/mol. The summed E-state index contributed by atoms with van der Waals surface area (Å²) in [5.41, 5.74) is 8.34. The summed E-state index contributed by atoms with van der Waals surface area (Å²) in [6.07, 6.45) is 0. The summed E-state index contributed by atoms with van der Waals surface area (Å²) < 4.78 is 0. The molecule has 0 fully saturated rings. The molecule has 0 aliphatic carbocycles.